The number of hydrogen-bond acceptors (Lipinski definition) is 2. The summed E-state index contributed by atoms with van der Waals surface area (Å²) in [5.74, 6) is 1.16. The number of piperidine rings is 1. The Labute approximate surface area is 92.0 Å². The summed E-state index contributed by atoms with van der Waals surface area (Å²) in [6, 6.07) is 0.444. The third kappa shape index (κ3) is 2.71. The number of carbonyl (C=O) groups excluding carboxylic acids is 1. The van der Waals surface area contributed by atoms with Crippen molar-refractivity contribution in [2.24, 2.45) is 11.8 Å². The Balaban J connectivity index is 1.80. The normalized spacial score (nSPS) is 36.5. The molecule has 0 spiro atoms. The van der Waals surface area contributed by atoms with Crippen molar-refractivity contribution in [2.75, 3.05) is 13.1 Å². The molecule has 1 saturated carbocycles. The van der Waals surface area contributed by atoms with Crippen LogP contribution in [0.25, 0.3) is 0 Å². The van der Waals surface area contributed by atoms with Crippen molar-refractivity contribution < 1.29 is 4.79 Å². The van der Waals surface area contributed by atoms with Gasteiger partial charge in [0.25, 0.3) is 0 Å². The van der Waals surface area contributed by atoms with Gasteiger partial charge in [-0.25, -0.2) is 0 Å². The van der Waals surface area contributed by atoms with Crippen molar-refractivity contribution in [3.05, 3.63) is 0 Å². The van der Waals surface area contributed by atoms with Crippen LogP contribution in [-0.4, -0.2) is 25.0 Å². The zero-order chi connectivity index (χ0) is 10.7. The van der Waals surface area contributed by atoms with Crippen LogP contribution in [0.1, 0.15) is 39.0 Å². The molecular weight excluding hydrogens is 188 g/mol. The first-order valence-corrected chi connectivity index (χ1v) is 6.28. The fraction of sp³-hybridized carbons (Fsp3) is 0.917. The van der Waals surface area contributed by atoms with E-state index in [0.29, 0.717) is 12.0 Å². The lowest BCUT2D eigenvalue weighted by molar-refractivity contribution is -0.126. The maximum absolute atomic E-state index is 11.9. The highest BCUT2D eigenvalue weighted by Gasteiger charge is 2.28. The third-order valence-electron chi connectivity index (χ3n) is 3.86. The number of amides is 1. The smallest absolute Gasteiger partial charge is 0.224 e. The van der Waals surface area contributed by atoms with Crippen LogP contribution >= 0.6 is 0 Å². The number of nitrogens with one attached hydrogen (secondary N) is 2. The predicted octanol–water partition coefficient (Wildman–Crippen LogP) is 1.29. The zero-order valence-corrected chi connectivity index (χ0v) is 9.59. The zero-order valence-electron chi connectivity index (χ0n) is 9.59. The van der Waals surface area contributed by atoms with E-state index in [0.717, 1.165) is 25.9 Å². The lowest BCUT2D eigenvalue weighted by atomic mass is 9.97. The van der Waals surface area contributed by atoms with Crippen molar-refractivity contribution in [2.45, 2.75) is 45.1 Å². The molecule has 2 rings (SSSR count). The van der Waals surface area contributed by atoms with Crippen molar-refractivity contribution >= 4 is 5.91 Å². The summed E-state index contributed by atoms with van der Waals surface area (Å²) in [4.78, 5) is 11.9. The quantitative estimate of drug-likeness (QED) is 0.721. The molecular formula is C12H22N2O. The van der Waals surface area contributed by atoms with Gasteiger partial charge in [-0.05, 0) is 38.1 Å². The maximum Gasteiger partial charge on any atom is 0.224 e. The molecule has 0 aromatic carbocycles. The SMILES string of the molecule is CC1CCCC1NC(=O)[C@@H]1CCCNC1. The summed E-state index contributed by atoms with van der Waals surface area (Å²) in [7, 11) is 0. The van der Waals surface area contributed by atoms with Crippen LogP contribution in [0.5, 0.6) is 0 Å². The van der Waals surface area contributed by atoms with Gasteiger partial charge in [-0.1, -0.05) is 13.3 Å². The summed E-state index contributed by atoms with van der Waals surface area (Å²) in [5, 5.41) is 6.51. The van der Waals surface area contributed by atoms with Crippen LogP contribution < -0.4 is 10.6 Å². The van der Waals surface area contributed by atoms with Crippen molar-refractivity contribution in [3.63, 3.8) is 0 Å². The second kappa shape index (κ2) is 4.97. The number of hydrogen-bond donors (Lipinski definition) is 2. The van der Waals surface area contributed by atoms with Crippen LogP contribution in [0.15, 0.2) is 0 Å². The van der Waals surface area contributed by atoms with E-state index < -0.39 is 0 Å². The van der Waals surface area contributed by atoms with Gasteiger partial charge in [0.05, 0.1) is 5.92 Å². The van der Waals surface area contributed by atoms with Gasteiger partial charge in [-0.3, -0.25) is 4.79 Å². The van der Waals surface area contributed by atoms with Gasteiger partial charge in [-0.15, -0.1) is 0 Å². The molecule has 3 atom stereocenters. The van der Waals surface area contributed by atoms with Gasteiger partial charge in [0.2, 0.25) is 5.91 Å². The highest BCUT2D eigenvalue weighted by atomic mass is 16.2. The highest BCUT2D eigenvalue weighted by Crippen LogP contribution is 2.25. The van der Waals surface area contributed by atoms with E-state index >= 15 is 0 Å². The molecule has 0 radical (unpaired) electrons. The molecule has 0 aromatic heterocycles. The average Bonchev–Trinajstić information content (AvgIpc) is 2.66. The first kappa shape index (κ1) is 10.9. The van der Waals surface area contributed by atoms with Crippen molar-refractivity contribution in [3.8, 4) is 0 Å². The average molecular weight is 210 g/mol. The van der Waals surface area contributed by atoms with E-state index in [9.17, 15) is 4.79 Å². The minimum Gasteiger partial charge on any atom is -0.353 e. The van der Waals surface area contributed by atoms with Gasteiger partial charge in [0.15, 0.2) is 0 Å². The Morgan fingerprint density at radius 3 is 2.73 bits per heavy atom. The molecule has 2 N–H and O–H groups in total. The molecule has 1 heterocycles. The molecule has 1 amide bonds. The molecule has 86 valence electrons. The van der Waals surface area contributed by atoms with Crippen LogP contribution in [0.2, 0.25) is 0 Å². The van der Waals surface area contributed by atoms with Crippen LogP contribution in [0.3, 0.4) is 0 Å². The van der Waals surface area contributed by atoms with Crippen LogP contribution in [-0.2, 0) is 4.79 Å². The molecule has 0 bridgehead atoms. The molecule has 2 fully saturated rings. The number of carbonyl (C=O) groups is 1. The largest absolute Gasteiger partial charge is 0.353 e. The second-order valence-electron chi connectivity index (χ2n) is 5.07. The minimum absolute atomic E-state index is 0.214. The number of rotatable bonds is 2. The van der Waals surface area contributed by atoms with E-state index in [1.165, 1.54) is 19.3 Å². The molecule has 2 unspecified atom stereocenters. The van der Waals surface area contributed by atoms with Gasteiger partial charge < -0.3 is 10.6 Å². The molecule has 1 aliphatic carbocycles. The lowest BCUT2D eigenvalue weighted by Crippen LogP contribution is -2.45. The molecule has 0 aromatic rings. The first-order valence-electron chi connectivity index (χ1n) is 6.28. The molecule has 3 nitrogen and oxygen atoms in total. The van der Waals surface area contributed by atoms with Crippen LogP contribution in [0, 0.1) is 11.8 Å². The van der Waals surface area contributed by atoms with Gasteiger partial charge >= 0.3 is 0 Å². The minimum atomic E-state index is 0.214. The van der Waals surface area contributed by atoms with Crippen molar-refractivity contribution in [1.29, 1.82) is 0 Å². The Hall–Kier alpha value is -0.570. The van der Waals surface area contributed by atoms with Gasteiger partial charge in [0, 0.05) is 12.6 Å². The summed E-state index contributed by atoms with van der Waals surface area (Å²) >= 11 is 0. The standard InChI is InChI=1S/C12H22N2O/c1-9-4-2-6-11(9)14-12(15)10-5-3-7-13-8-10/h9-11,13H,2-8H2,1H3,(H,14,15)/t9?,10-,11?/m1/s1. The molecule has 1 saturated heterocycles. The first-order chi connectivity index (χ1) is 7.27. The fourth-order valence-corrected chi connectivity index (χ4v) is 2.74. The van der Waals surface area contributed by atoms with E-state index in [4.69, 9.17) is 0 Å². The Bertz CT molecular complexity index is 224. The molecule has 15 heavy (non-hydrogen) atoms. The van der Waals surface area contributed by atoms with E-state index in [2.05, 4.69) is 17.6 Å². The molecule has 3 heteroatoms. The monoisotopic (exact) mass is 210 g/mol. The van der Waals surface area contributed by atoms with E-state index in [1.807, 2.05) is 0 Å². The predicted molar refractivity (Wildman–Crippen MR) is 60.5 cm³/mol. The Kier molecular flexibility index (Phi) is 3.62. The second-order valence-corrected chi connectivity index (χ2v) is 5.07. The maximum atomic E-state index is 11.9. The third-order valence-corrected chi connectivity index (χ3v) is 3.86. The van der Waals surface area contributed by atoms with Crippen molar-refractivity contribution in [1.82, 2.24) is 10.6 Å². The summed E-state index contributed by atoms with van der Waals surface area (Å²) in [6.07, 6.45) is 5.91. The van der Waals surface area contributed by atoms with Crippen LogP contribution in [0.4, 0.5) is 0 Å². The van der Waals surface area contributed by atoms with Gasteiger partial charge in [-0.2, -0.15) is 0 Å². The molecule has 1 aliphatic heterocycles. The Morgan fingerprint density at radius 1 is 1.27 bits per heavy atom. The molecule has 2 aliphatic rings. The van der Waals surface area contributed by atoms with E-state index in [1.54, 1.807) is 0 Å². The highest BCUT2D eigenvalue weighted by molar-refractivity contribution is 5.79. The van der Waals surface area contributed by atoms with Gasteiger partial charge in [0.1, 0.15) is 0 Å². The summed E-state index contributed by atoms with van der Waals surface area (Å²) < 4.78 is 0. The fourth-order valence-electron chi connectivity index (χ4n) is 2.74. The summed E-state index contributed by atoms with van der Waals surface area (Å²) in [6.45, 7) is 4.19. The lowest BCUT2D eigenvalue weighted by Gasteiger charge is -2.25. The topological polar surface area (TPSA) is 41.1 Å². The van der Waals surface area contributed by atoms with E-state index in [-0.39, 0.29) is 11.8 Å². The summed E-state index contributed by atoms with van der Waals surface area (Å²) in [5.41, 5.74) is 0. The Morgan fingerprint density at radius 2 is 2.13 bits per heavy atom.